The SMILES string of the molecule is CN=C(NCCCN1CCC(C)CC1)NCc1ccccn1.I. The number of aromatic nitrogens is 1. The Balaban J connectivity index is 0.00000264. The number of hydrogen-bond acceptors (Lipinski definition) is 3. The van der Waals surface area contributed by atoms with Gasteiger partial charge in [0.2, 0.25) is 0 Å². The molecule has 2 heterocycles. The van der Waals surface area contributed by atoms with Crippen LogP contribution in [0.15, 0.2) is 29.4 Å². The van der Waals surface area contributed by atoms with Crippen molar-refractivity contribution in [2.45, 2.75) is 32.7 Å². The molecule has 1 aromatic heterocycles. The van der Waals surface area contributed by atoms with Crippen LogP contribution in [0.1, 0.15) is 31.9 Å². The molecule has 6 heteroatoms. The van der Waals surface area contributed by atoms with Gasteiger partial charge in [-0.25, -0.2) is 0 Å². The van der Waals surface area contributed by atoms with Crippen molar-refractivity contribution in [3.05, 3.63) is 30.1 Å². The molecule has 5 nitrogen and oxygen atoms in total. The van der Waals surface area contributed by atoms with Gasteiger partial charge in [0.25, 0.3) is 0 Å². The Morgan fingerprint density at radius 1 is 1.30 bits per heavy atom. The van der Waals surface area contributed by atoms with Gasteiger partial charge >= 0.3 is 0 Å². The second kappa shape index (κ2) is 11.6. The number of nitrogens with zero attached hydrogens (tertiary/aromatic N) is 3. The summed E-state index contributed by atoms with van der Waals surface area (Å²) in [5.74, 6) is 1.75. The predicted molar refractivity (Wildman–Crippen MR) is 107 cm³/mol. The van der Waals surface area contributed by atoms with Gasteiger partial charge in [0.15, 0.2) is 5.96 Å². The first kappa shape index (κ1) is 20.2. The van der Waals surface area contributed by atoms with Crippen LogP contribution in [0.5, 0.6) is 0 Å². The Hall–Kier alpha value is -0.890. The fourth-order valence-corrected chi connectivity index (χ4v) is 2.69. The molecule has 0 aromatic carbocycles. The minimum absolute atomic E-state index is 0. The molecular formula is C17H30IN5. The Labute approximate surface area is 157 Å². The zero-order valence-electron chi connectivity index (χ0n) is 14.3. The molecule has 0 aliphatic carbocycles. The van der Waals surface area contributed by atoms with Crippen LogP contribution in [0, 0.1) is 5.92 Å². The highest BCUT2D eigenvalue weighted by molar-refractivity contribution is 14.0. The Morgan fingerprint density at radius 3 is 2.74 bits per heavy atom. The fraction of sp³-hybridized carbons (Fsp3) is 0.647. The van der Waals surface area contributed by atoms with E-state index in [9.17, 15) is 0 Å². The van der Waals surface area contributed by atoms with Gasteiger partial charge in [-0.05, 0) is 56.9 Å². The lowest BCUT2D eigenvalue weighted by molar-refractivity contribution is 0.191. The predicted octanol–water partition coefficient (Wildman–Crippen LogP) is 2.49. The number of nitrogens with one attached hydrogen (secondary N) is 2. The van der Waals surface area contributed by atoms with Crippen LogP contribution in [0.4, 0.5) is 0 Å². The second-order valence-electron chi connectivity index (χ2n) is 6.05. The highest BCUT2D eigenvalue weighted by Gasteiger charge is 2.14. The molecule has 1 aromatic rings. The van der Waals surface area contributed by atoms with Crippen molar-refractivity contribution in [2.24, 2.45) is 10.9 Å². The van der Waals surface area contributed by atoms with Crippen LogP contribution in [0.25, 0.3) is 0 Å². The molecule has 0 radical (unpaired) electrons. The summed E-state index contributed by atoms with van der Waals surface area (Å²) in [5, 5.41) is 6.67. The van der Waals surface area contributed by atoms with Gasteiger partial charge in [-0.3, -0.25) is 9.98 Å². The number of likely N-dealkylation sites (tertiary alicyclic amines) is 1. The molecular weight excluding hydrogens is 401 g/mol. The van der Waals surface area contributed by atoms with Crippen LogP contribution in [0.2, 0.25) is 0 Å². The largest absolute Gasteiger partial charge is 0.356 e. The molecule has 0 bridgehead atoms. The van der Waals surface area contributed by atoms with E-state index in [1.165, 1.54) is 32.5 Å². The van der Waals surface area contributed by atoms with Crippen LogP contribution in [-0.4, -0.2) is 49.1 Å². The third-order valence-corrected chi connectivity index (χ3v) is 4.21. The maximum absolute atomic E-state index is 4.30. The monoisotopic (exact) mass is 431 g/mol. The topological polar surface area (TPSA) is 52.6 Å². The van der Waals surface area contributed by atoms with E-state index >= 15 is 0 Å². The first-order chi connectivity index (χ1) is 10.8. The van der Waals surface area contributed by atoms with E-state index in [2.05, 4.69) is 32.4 Å². The van der Waals surface area contributed by atoms with Crippen molar-refractivity contribution in [1.29, 1.82) is 0 Å². The molecule has 1 saturated heterocycles. The van der Waals surface area contributed by atoms with Crippen LogP contribution in [-0.2, 0) is 6.54 Å². The van der Waals surface area contributed by atoms with E-state index < -0.39 is 0 Å². The van der Waals surface area contributed by atoms with Gasteiger partial charge in [0, 0.05) is 19.8 Å². The van der Waals surface area contributed by atoms with Crippen molar-refractivity contribution in [1.82, 2.24) is 20.5 Å². The lowest BCUT2D eigenvalue weighted by Crippen LogP contribution is -2.39. The van der Waals surface area contributed by atoms with Gasteiger partial charge in [-0.2, -0.15) is 0 Å². The average molecular weight is 431 g/mol. The zero-order valence-corrected chi connectivity index (χ0v) is 16.6. The van der Waals surface area contributed by atoms with Crippen molar-refractivity contribution in [2.75, 3.05) is 33.2 Å². The van der Waals surface area contributed by atoms with Crippen molar-refractivity contribution >= 4 is 29.9 Å². The second-order valence-corrected chi connectivity index (χ2v) is 6.05. The fourth-order valence-electron chi connectivity index (χ4n) is 2.69. The quantitative estimate of drug-likeness (QED) is 0.315. The molecule has 130 valence electrons. The van der Waals surface area contributed by atoms with Gasteiger partial charge in [-0.1, -0.05) is 13.0 Å². The minimum atomic E-state index is 0. The van der Waals surface area contributed by atoms with Crippen molar-refractivity contribution in [3.8, 4) is 0 Å². The molecule has 1 aliphatic rings. The molecule has 0 amide bonds. The normalized spacial score (nSPS) is 16.7. The molecule has 2 rings (SSSR count). The lowest BCUT2D eigenvalue weighted by Gasteiger charge is -2.30. The number of guanidine groups is 1. The number of aliphatic imine (C=N–C) groups is 1. The van der Waals surface area contributed by atoms with Crippen LogP contribution >= 0.6 is 24.0 Å². The third-order valence-electron chi connectivity index (χ3n) is 4.21. The average Bonchev–Trinajstić information content (AvgIpc) is 2.57. The highest BCUT2D eigenvalue weighted by Crippen LogP contribution is 2.15. The van der Waals surface area contributed by atoms with Gasteiger partial charge < -0.3 is 15.5 Å². The van der Waals surface area contributed by atoms with E-state index in [-0.39, 0.29) is 24.0 Å². The molecule has 23 heavy (non-hydrogen) atoms. The van der Waals surface area contributed by atoms with Crippen LogP contribution in [0.3, 0.4) is 0 Å². The number of piperidine rings is 1. The van der Waals surface area contributed by atoms with E-state index in [0.717, 1.165) is 30.5 Å². The van der Waals surface area contributed by atoms with E-state index in [1.807, 2.05) is 24.4 Å². The number of hydrogen-bond donors (Lipinski definition) is 2. The number of halogens is 1. The lowest BCUT2D eigenvalue weighted by atomic mass is 9.99. The molecule has 2 N–H and O–H groups in total. The maximum atomic E-state index is 4.30. The molecule has 0 saturated carbocycles. The maximum Gasteiger partial charge on any atom is 0.191 e. The first-order valence-electron chi connectivity index (χ1n) is 8.34. The van der Waals surface area contributed by atoms with E-state index in [4.69, 9.17) is 0 Å². The summed E-state index contributed by atoms with van der Waals surface area (Å²) in [6, 6.07) is 5.94. The Kier molecular flexibility index (Phi) is 10.2. The smallest absolute Gasteiger partial charge is 0.191 e. The molecule has 1 aliphatic heterocycles. The van der Waals surface area contributed by atoms with Gasteiger partial charge in [0.05, 0.1) is 12.2 Å². The molecule has 0 atom stereocenters. The summed E-state index contributed by atoms with van der Waals surface area (Å²) in [7, 11) is 1.81. The summed E-state index contributed by atoms with van der Waals surface area (Å²) in [6.45, 7) is 7.70. The first-order valence-corrected chi connectivity index (χ1v) is 8.34. The Morgan fingerprint density at radius 2 is 2.09 bits per heavy atom. The zero-order chi connectivity index (χ0) is 15.6. The molecule has 1 fully saturated rings. The van der Waals surface area contributed by atoms with E-state index in [0.29, 0.717) is 6.54 Å². The minimum Gasteiger partial charge on any atom is -0.356 e. The summed E-state index contributed by atoms with van der Waals surface area (Å²) in [5.41, 5.74) is 1.02. The number of pyridine rings is 1. The van der Waals surface area contributed by atoms with Crippen molar-refractivity contribution < 1.29 is 0 Å². The van der Waals surface area contributed by atoms with Gasteiger partial charge in [-0.15, -0.1) is 24.0 Å². The summed E-state index contributed by atoms with van der Waals surface area (Å²) in [4.78, 5) is 11.1. The molecule has 0 unspecified atom stereocenters. The van der Waals surface area contributed by atoms with Crippen molar-refractivity contribution in [3.63, 3.8) is 0 Å². The van der Waals surface area contributed by atoms with Crippen LogP contribution < -0.4 is 10.6 Å². The standard InChI is InChI=1S/C17H29N5.HI/c1-15-7-12-22(13-8-15)11-5-10-20-17(18-2)21-14-16-6-3-4-9-19-16;/h3-4,6,9,15H,5,7-8,10-14H2,1-2H3,(H2,18,20,21);1H. The van der Waals surface area contributed by atoms with E-state index in [1.54, 1.807) is 7.05 Å². The Bertz CT molecular complexity index is 444. The summed E-state index contributed by atoms with van der Waals surface area (Å²) in [6.07, 6.45) is 5.66. The van der Waals surface area contributed by atoms with Gasteiger partial charge in [0.1, 0.15) is 0 Å². The third kappa shape index (κ3) is 7.97. The number of rotatable bonds is 6. The summed E-state index contributed by atoms with van der Waals surface area (Å²) < 4.78 is 0. The molecule has 0 spiro atoms. The highest BCUT2D eigenvalue weighted by atomic mass is 127. The summed E-state index contributed by atoms with van der Waals surface area (Å²) >= 11 is 0.